The monoisotopic (exact) mass is 292 g/mol. The third-order valence-corrected chi connectivity index (χ3v) is 8.55. The van der Waals surface area contributed by atoms with Gasteiger partial charge in [-0.05, 0) is 53.2 Å². The lowest BCUT2D eigenvalue weighted by atomic mass is 10.1. The Kier molecular flexibility index (Phi) is 3.67. The first kappa shape index (κ1) is 14.4. The predicted octanol–water partition coefficient (Wildman–Crippen LogP) is 5.88. The topological polar surface area (TPSA) is 9.23 Å². The van der Waals surface area contributed by atoms with Crippen molar-refractivity contribution in [3.05, 3.63) is 41.4 Å². The molecule has 0 atom stereocenters. The number of hydrogen-bond acceptors (Lipinski definition) is 1. The van der Waals surface area contributed by atoms with Crippen molar-refractivity contribution in [3.8, 4) is 5.75 Å². The summed E-state index contributed by atoms with van der Waals surface area (Å²) in [4.78, 5) is 0. The predicted molar refractivity (Wildman–Crippen MR) is 86.8 cm³/mol. The minimum atomic E-state index is -1.77. The highest BCUT2D eigenvalue weighted by Gasteiger charge is 2.38. The second-order valence-corrected chi connectivity index (χ2v) is 11.7. The lowest BCUT2D eigenvalue weighted by molar-refractivity contribution is 0.493. The highest BCUT2D eigenvalue weighted by molar-refractivity contribution is 6.74. The smallest absolute Gasteiger partial charge is 0.250 e. The second-order valence-electron chi connectivity index (χ2n) is 6.52. The molecule has 0 radical (unpaired) electrons. The summed E-state index contributed by atoms with van der Waals surface area (Å²) in [5.41, 5.74) is 0. The van der Waals surface area contributed by atoms with Crippen molar-refractivity contribution in [1.29, 1.82) is 0 Å². The van der Waals surface area contributed by atoms with Crippen LogP contribution in [0.5, 0.6) is 5.75 Å². The van der Waals surface area contributed by atoms with Gasteiger partial charge in [-0.25, -0.2) is 0 Å². The van der Waals surface area contributed by atoms with E-state index in [0.29, 0.717) is 0 Å². The van der Waals surface area contributed by atoms with Crippen LogP contribution in [0.4, 0.5) is 0 Å². The van der Waals surface area contributed by atoms with Crippen LogP contribution >= 0.6 is 11.6 Å². The Morgan fingerprint density at radius 1 is 0.947 bits per heavy atom. The maximum absolute atomic E-state index is 6.31. The summed E-state index contributed by atoms with van der Waals surface area (Å²) in [6.07, 6.45) is 0. The van der Waals surface area contributed by atoms with Gasteiger partial charge in [-0.3, -0.25) is 0 Å². The molecule has 2 rings (SSSR count). The average molecular weight is 293 g/mol. The van der Waals surface area contributed by atoms with E-state index in [1.807, 2.05) is 24.3 Å². The zero-order valence-corrected chi connectivity index (χ0v) is 14.0. The van der Waals surface area contributed by atoms with E-state index in [0.717, 1.165) is 16.2 Å². The molecule has 102 valence electrons. The first-order chi connectivity index (χ1) is 8.69. The van der Waals surface area contributed by atoms with Crippen molar-refractivity contribution in [2.75, 3.05) is 0 Å². The fourth-order valence-corrected chi connectivity index (χ4v) is 2.91. The van der Waals surface area contributed by atoms with Crippen LogP contribution in [0.1, 0.15) is 20.8 Å². The molecule has 0 heterocycles. The summed E-state index contributed by atoms with van der Waals surface area (Å²) < 4.78 is 6.31. The van der Waals surface area contributed by atoms with Gasteiger partial charge in [0.05, 0.1) is 0 Å². The van der Waals surface area contributed by atoms with Gasteiger partial charge in [-0.1, -0.05) is 44.5 Å². The SMILES string of the molecule is CC(C)(C)[Si](C)(C)Oc1ccc2cc(Cl)ccc2c1. The normalized spacial score (nSPS) is 12.7. The maximum Gasteiger partial charge on any atom is 0.250 e. The van der Waals surface area contributed by atoms with E-state index in [1.54, 1.807) is 0 Å². The van der Waals surface area contributed by atoms with Gasteiger partial charge in [0.15, 0.2) is 0 Å². The Labute approximate surface area is 121 Å². The number of benzene rings is 2. The van der Waals surface area contributed by atoms with Gasteiger partial charge in [-0.15, -0.1) is 0 Å². The summed E-state index contributed by atoms with van der Waals surface area (Å²) in [6, 6.07) is 12.2. The van der Waals surface area contributed by atoms with Gasteiger partial charge in [-0.2, -0.15) is 0 Å². The lowest BCUT2D eigenvalue weighted by Gasteiger charge is -2.36. The van der Waals surface area contributed by atoms with Crippen LogP contribution in [-0.4, -0.2) is 8.32 Å². The second kappa shape index (κ2) is 4.84. The third-order valence-electron chi connectivity index (χ3n) is 3.95. The Bertz CT molecular complexity index is 599. The molecule has 0 saturated carbocycles. The first-order valence-corrected chi connectivity index (χ1v) is 9.86. The van der Waals surface area contributed by atoms with Crippen LogP contribution in [0.2, 0.25) is 23.2 Å². The van der Waals surface area contributed by atoms with Gasteiger partial charge in [0.25, 0.3) is 0 Å². The van der Waals surface area contributed by atoms with Gasteiger partial charge in [0, 0.05) is 5.02 Å². The first-order valence-electron chi connectivity index (χ1n) is 6.57. The molecule has 0 bridgehead atoms. The van der Waals surface area contributed by atoms with Gasteiger partial charge < -0.3 is 4.43 Å². The van der Waals surface area contributed by atoms with Crippen molar-refractivity contribution in [2.24, 2.45) is 0 Å². The van der Waals surface area contributed by atoms with Crippen molar-refractivity contribution >= 4 is 30.7 Å². The highest BCUT2D eigenvalue weighted by atomic mass is 35.5. The molecular formula is C16H21ClOSi. The van der Waals surface area contributed by atoms with E-state index in [2.05, 4.69) is 46.0 Å². The Hall–Kier alpha value is -0.993. The minimum absolute atomic E-state index is 0.210. The molecule has 19 heavy (non-hydrogen) atoms. The molecule has 2 aromatic rings. The summed E-state index contributed by atoms with van der Waals surface area (Å²) >= 11 is 6.00. The molecule has 2 aromatic carbocycles. The quantitative estimate of drug-likeness (QED) is 0.628. The van der Waals surface area contributed by atoms with E-state index in [4.69, 9.17) is 16.0 Å². The Balaban J connectivity index is 2.35. The van der Waals surface area contributed by atoms with Crippen molar-refractivity contribution < 1.29 is 4.43 Å². The molecule has 0 amide bonds. The van der Waals surface area contributed by atoms with Crippen LogP contribution in [0.15, 0.2) is 36.4 Å². The number of hydrogen-bond donors (Lipinski definition) is 0. The van der Waals surface area contributed by atoms with Crippen LogP contribution in [0.25, 0.3) is 10.8 Å². The van der Waals surface area contributed by atoms with Crippen molar-refractivity contribution in [1.82, 2.24) is 0 Å². The molecule has 0 aliphatic rings. The third kappa shape index (κ3) is 3.13. The largest absolute Gasteiger partial charge is 0.543 e. The molecule has 0 aliphatic carbocycles. The molecular weight excluding hydrogens is 272 g/mol. The molecule has 0 aliphatic heterocycles. The molecule has 0 aromatic heterocycles. The molecule has 0 spiro atoms. The lowest BCUT2D eigenvalue weighted by Crippen LogP contribution is -2.43. The minimum Gasteiger partial charge on any atom is -0.543 e. The van der Waals surface area contributed by atoms with Gasteiger partial charge >= 0.3 is 0 Å². The fourth-order valence-electron chi connectivity index (χ4n) is 1.71. The van der Waals surface area contributed by atoms with Crippen molar-refractivity contribution in [3.63, 3.8) is 0 Å². The Morgan fingerprint density at radius 2 is 1.53 bits per heavy atom. The van der Waals surface area contributed by atoms with E-state index < -0.39 is 8.32 Å². The maximum atomic E-state index is 6.31. The molecule has 0 fully saturated rings. The van der Waals surface area contributed by atoms with E-state index in [1.165, 1.54) is 5.39 Å². The van der Waals surface area contributed by atoms with Crippen LogP contribution in [0, 0.1) is 0 Å². The van der Waals surface area contributed by atoms with Gasteiger partial charge in [0.1, 0.15) is 5.75 Å². The van der Waals surface area contributed by atoms with E-state index in [-0.39, 0.29) is 5.04 Å². The zero-order valence-electron chi connectivity index (χ0n) is 12.3. The number of halogens is 1. The highest BCUT2D eigenvalue weighted by Crippen LogP contribution is 2.37. The summed E-state index contributed by atoms with van der Waals surface area (Å²) in [6.45, 7) is 11.3. The standard InChI is InChI=1S/C16H21ClOSi/c1-16(2,3)19(4,5)18-15-9-7-12-10-14(17)8-6-13(12)11-15/h6-11H,1-5H3. The molecule has 3 heteroatoms. The van der Waals surface area contributed by atoms with Crippen LogP contribution < -0.4 is 4.43 Å². The number of rotatable bonds is 2. The summed E-state index contributed by atoms with van der Waals surface area (Å²) in [5.74, 6) is 0.960. The molecule has 0 N–H and O–H groups in total. The van der Waals surface area contributed by atoms with Gasteiger partial charge in [0.2, 0.25) is 8.32 Å². The zero-order chi connectivity index (χ0) is 14.3. The molecule has 1 nitrogen and oxygen atoms in total. The summed E-state index contributed by atoms with van der Waals surface area (Å²) in [7, 11) is -1.77. The fraction of sp³-hybridized carbons (Fsp3) is 0.375. The Morgan fingerprint density at radius 3 is 2.16 bits per heavy atom. The van der Waals surface area contributed by atoms with E-state index in [9.17, 15) is 0 Å². The summed E-state index contributed by atoms with van der Waals surface area (Å²) in [5, 5.41) is 3.29. The van der Waals surface area contributed by atoms with E-state index >= 15 is 0 Å². The molecule has 0 unspecified atom stereocenters. The van der Waals surface area contributed by atoms with Crippen molar-refractivity contribution in [2.45, 2.75) is 38.9 Å². The van der Waals surface area contributed by atoms with Crippen LogP contribution in [-0.2, 0) is 0 Å². The average Bonchev–Trinajstić information content (AvgIpc) is 2.27. The number of fused-ring (bicyclic) bond motifs is 1. The van der Waals surface area contributed by atoms with Crippen LogP contribution in [0.3, 0.4) is 0 Å². The molecule has 0 saturated heterocycles.